The molecule has 1 saturated carbocycles. The number of halogens is 1. The van der Waals surface area contributed by atoms with Crippen LogP contribution in [0.15, 0.2) is 59.1 Å². The van der Waals surface area contributed by atoms with Gasteiger partial charge in [0.15, 0.2) is 5.78 Å². The lowest BCUT2D eigenvalue weighted by molar-refractivity contribution is 0.0355. The molecule has 1 aliphatic heterocycles. The first-order valence-electron chi connectivity index (χ1n) is 9.28. The molecule has 0 aromatic heterocycles. The summed E-state index contributed by atoms with van der Waals surface area (Å²) in [7, 11) is 0. The van der Waals surface area contributed by atoms with E-state index in [0.717, 1.165) is 42.4 Å². The molecule has 1 saturated heterocycles. The van der Waals surface area contributed by atoms with Crippen molar-refractivity contribution in [3.05, 3.63) is 70.2 Å². The molecule has 1 N–H and O–H groups in total. The van der Waals surface area contributed by atoms with Gasteiger partial charge in [0, 0.05) is 29.5 Å². The van der Waals surface area contributed by atoms with E-state index in [0.29, 0.717) is 18.4 Å². The maximum absolute atomic E-state index is 12.5. The van der Waals surface area contributed by atoms with Crippen molar-refractivity contribution in [2.24, 2.45) is 11.8 Å². The van der Waals surface area contributed by atoms with Crippen LogP contribution in [0, 0.1) is 11.8 Å². The fourth-order valence-corrected chi connectivity index (χ4v) is 5.00. The minimum Gasteiger partial charge on any atom is -0.390 e. The molecule has 2 aromatic carbocycles. The number of fused-ring (bicyclic) bond motifs is 1. The lowest BCUT2D eigenvalue weighted by Gasteiger charge is -2.26. The van der Waals surface area contributed by atoms with E-state index in [2.05, 4.69) is 33.0 Å². The van der Waals surface area contributed by atoms with Crippen LogP contribution in [-0.4, -0.2) is 41.0 Å². The van der Waals surface area contributed by atoms with Gasteiger partial charge in [-0.2, -0.15) is 0 Å². The Morgan fingerprint density at radius 3 is 2.27 bits per heavy atom. The Bertz CT molecular complexity index is 760. The molecule has 3 atom stereocenters. The van der Waals surface area contributed by atoms with Crippen LogP contribution in [0.2, 0.25) is 0 Å². The third-order valence-corrected chi connectivity index (χ3v) is 6.37. The van der Waals surface area contributed by atoms with E-state index in [1.54, 1.807) is 0 Å². The normalized spacial score (nSPS) is 28.2. The molecule has 0 amide bonds. The highest BCUT2D eigenvalue weighted by molar-refractivity contribution is 9.10. The number of benzene rings is 2. The molecular formula is C22H24BrNO2. The number of carbonyl (C=O) groups excluding carboxylic acids is 1. The fraction of sp³-hybridized carbons (Fsp3) is 0.409. The molecule has 0 radical (unpaired) electrons. The van der Waals surface area contributed by atoms with E-state index in [-0.39, 0.29) is 5.78 Å². The van der Waals surface area contributed by atoms with Gasteiger partial charge in [-0.15, -0.1) is 0 Å². The largest absolute Gasteiger partial charge is 0.390 e. The predicted octanol–water partition coefficient (Wildman–Crippen LogP) is 3.95. The molecular weight excluding hydrogens is 390 g/mol. The maximum Gasteiger partial charge on any atom is 0.176 e. The zero-order valence-corrected chi connectivity index (χ0v) is 16.4. The second kappa shape index (κ2) is 7.26. The molecule has 1 aliphatic carbocycles. The number of aliphatic hydroxyl groups is 1. The summed E-state index contributed by atoms with van der Waals surface area (Å²) in [5.74, 6) is 1.18. The Morgan fingerprint density at radius 2 is 1.65 bits per heavy atom. The van der Waals surface area contributed by atoms with Crippen molar-refractivity contribution in [3.8, 4) is 0 Å². The quantitative estimate of drug-likeness (QED) is 0.754. The van der Waals surface area contributed by atoms with Crippen molar-refractivity contribution in [1.82, 2.24) is 4.90 Å². The average molecular weight is 414 g/mol. The predicted molar refractivity (Wildman–Crippen MR) is 106 cm³/mol. The summed E-state index contributed by atoms with van der Waals surface area (Å²) in [4.78, 5) is 14.8. The van der Waals surface area contributed by atoms with Crippen LogP contribution in [0.4, 0.5) is 0 Å². The molecule has 26 heavy (non-hydrogen) atoms. The Morgan fingerprint density at radius 1 is 1.04 bits per heavy atom. The van der Waals surface area contributed by atoms with Crippen molar-refractivity contribution < 1.29 is 9.90 Å². The van der Waals surface area contributed by atoms with Crippen molar-refractivity contribution in [1.29, 1.82) is 0 Å². The van der Waals surface area contributed by atoms with Crippen LogP contribution in [0.25, 0.3) is 0 Å². The van der Waals surface area contributed by atoms with E-state index in [9.17, 15) is 9.90 Å². The third kappa shape index (κ3) is 3.93. The Balaban J connectivity index is 1.33. The van der Waals surface area contributed by atoms with Gasteiger partial charge in [0.2, 0.25) is 0 Å². The van der Waals surface area contributed by atoms with Crippen molar-refractivity contribution in [3.63, 3.8) is 0 Å². The smallest absolute Gasteiger partial charge is 0.176 e. The van der Waals surface area contributed by atoms with Gasteiger partial charge in [-0.05, 0) is 42.4 Å². The van der Waals surface area contributed by atoms with Crippen LogP contribution in [0.1, 0.15) is 28.8 Å². The minimum absolute atomic E-state index is 0.178. The number of hydrogen-bond donors (Lipinski definition) is 1. The SMILES string of the molecule is O=C(CN1C[C@@H]2C[C@](O)(Cc3ccccc3)C[C@@H]2C1)c1ccc(Br)cc1. The van der Waals surface area contributed by atoms with Gasteiger partial charge in [0.25, 0.3) is 0 Å². The molecule has 4 rings (SSSR count). The highest BCUT2D eigenvalue weighted by atomic mass is 79.9. The van der Waals surface area contributed by atoms with Gasteiger partial charge >= 0.3 is 0 Å². The zero-order chi connectivity index (χ0) is 18.1. The monoisotopic (exact) mass is 413 g/mol. The zero-order valence-electron chi connectivity index (χ0n) is 14.8. The Hall–Kier alpha value is -1.49. The van der Waals surface area contributed by atoms with E-state index in [4.69, 9.17) is 0 Å². The Labute approximate surface area is 163 Å². The first-order chi connectivity index (χ1) is 12.5. The summed E-state index contributed by atoms with van der Waals surface area (Å²) in [6, 6.07) is 17.8. The minimum atomic E-state index is -0.585. The van der Waals surface area contributed by atoms with E-state index in [1.165, 1.54) is 5.56 Å². The average Bonchev–Trinajstić information content (AvgIpc) is 3.10. The number of likely N-dealkylation sites (tertiary alicyclic amines) is 1. The van der Waals surface area contributed by atoms with Crippen LogP contribution in [0.5, 0.6) is 0 Å². The highest BCUT2D eigenvalue weighted by Crippen LogP contribution is 2.45. The maximum atomic E-state index is 12.5. The molecule has 0 unspecified atom stereocenters. The van der Waals surface area contributed by atoms with Crippen LogP contribution < -0.4 is 0 Å². The van der Waals surface area contributed by atoms with E-state index >= 15 is 0 Å². The van der Waals surface area contributed by atoms with Gasteiger partial charge in [0.1, 0.15) is 0 Å². The van der Waals surface area contributed by atoms with Crippen molar-refractivity contribution in [2.75, 3.05) is 19.6 Å². The number of rotatable bonds is 5. The summed E-state index contributed by atoms with van der Waals surface area (Å²) >= 11 is 3.40. The van der Waals surface area contributed by atoms with Crippen molar-refractivity contribution >= 4 is 21.7 Å². The van der Waals surface area contributed by atoms with Gasteiger partial charge in [-0.3, -0.25) is 9.69 Å². The molecule has 136 valence electrons. The van der Waals surface area contributed by atoms with E-state index < -0.39 is 5.60 Å². The second-order valence-corrected chi connectivity index (χ2v) is 8.85. The van der Waals surface area contributed by atoms with Crippen LogP contribution in [0.3, 0.4) is 0 Å². The van der Waals surface area contributed by atoms with Crippen LogP contribution in [-0.2, 0) is 6.42 Å². The number of nitrogens with zero attached hydrogens (tertiary/aromatic N) is 1. The fourth-order valence-electron chi connectivity index (χ4n) is 4.74. The molecule has 0 bridgehead atoms. The topological polar surface area (TPSA) is 40.5 Å². The van der Waals surface area contributed by atoms with Crippen LogP contribution >= 0.6 is 15.9 Å². The van der Waals surface area contributed by atoms with E-state index in [1.807, 2.05) is 42.5 Å². The van der Waals surface area contributed by atoms with Gasteiger partial charge in [-0.1, -0.05) is 58.4 Å². The molecule has 3 nitrogen and oxygen atoms in total. The number of ketones is 1. The standard InChI is InChI=1S/C22H24BrNO2/c23-20-8-6-17(7-9-20)21(25)15-24-13-18-11-22(26,12-19(18)14-24)10-16-4-2-1-3-5-16/h1-9,18-19,26H,10-15H2/t18-,19+,22+. The van der Waals surface area contributed by atoms with Gasteiger partial charge in [-0.25, -0.2) is 0 Å². The number of carbonyl (C=O) groups is 1. The number of Topliss-reactive ketones (excluding diaryl/α,β-unsaturated/α-hetero) is 1. The molecule has 4 heteroatoms. The van der Waals surface area contributed by atoms with Crippen molar-refractivity contribution in [2.45, 2.75) is 24.9 Å². The molecule has 2 aliphatic rings. The first kappa shape index (κ1) is 17.9. The highest BCUT2D eigenvalue weighted by Gasteiger charge is 2.48. The summed E-state index contributed by atoms with van der Waals surface area (Å²) in [6.45, 7) is 2.32. The lowest BCUT2D eigenvalue weighted by Crippen LogP contribution is -2.34. The summed E-state index contributed by atoms with van der Waals surface area (Å²) in [5, 5.41) is 11.0. The molecule has 2 aromatic rings. The molecule has 1 heterocycles. The summed E-state index contributed by atoms with van der Waals surface area (Å²) in [5.41, 5.74) is 1.39. The second-order valence-electron chi connectivity index (χ2n) is 7.94. The molecule has 2 fully saturated rings. The summed E-state index contributed by atoms with van der Waals surface area (Å²) in [6.07, 6.45) is 2.42. The van der Waals surface area contributed by atoms with Gasteiger partial charge < -0.3 is 5.11 Å². The first-order valence-corrected chi connectivity index (χ1v) is 10.1. The van der Waals surface area contributed by atoms with Gasteiger partial charge in [0.05, 0.1) is 12.1 Å². The third-order valence-electron chi connectivity index (χ3n) is 5.85. The molecule has 0 spiro atoms. The lowest BCUT2D eigenvalue weighted by atomic mass is 9.91. The number of hydrogen-bond acceptors (Lipinski definition) is 3. The summed E-state index contributed by atoms with van der Waals surface area (Å²) < 4.78 is 0.988. The Kier molecular flexibility index (Phi) is 5.00.